The van der Waals surface area contributed by atoms with Crippen molar-refractivity contribution in [1.82, 2.24) is 20.4 Å². The highest BCUT2D eigenvalue weighted by molar-refractivity contribution is 5.89. The summed E-state index contributed by atoms with van der Waals surface area (Å²) in [6.07, 6.45) is 3.26. The summed E-state index contributed by atoms with van der Waals surface area (Å²) >= 11 is 0. The van der Waals surface area contributed by atoms with Crippen LogP contribution in [0, 0.1) is 0 Å². The van der Waals surface area contributed by atoms with Crippen LogP contribution in [0.3, 0.4) is 0 Å². The molecule has 1 amide bonds. The zero-order valence-corrected chi connectivity index (χ0v) is 14.1. The lowest BCUT2D eigenvalue weighted by Gasteiger charge is -2.47. The van der Waals surface area contributed by atoms with Gasteiger partial charge in [0.1, 0.15) is 0 Å². The van der Waals surface area contributed by atoms with Gasteiger partial charge in [0.15, 0.2) is 0 Å². The Bertz CT molecular complexity index is 712. The highest BCUT2D eigenvalue weighted by Gasteiger charge is 2.34. The summed E-state index contributed by atoms with van der Waals surface area (Å²) in [6, 6.07) is 10.4. The summed E-state index contributed by atoms with van der Waals surface area (Å²) in [5.74, 6) is 0.0579. The summed E-state index contributed by atoms with van der Waals surface area (Å²) in [5, 5.41) is 10.7. The second-order valence-corrected chi connectivity index (χ2v) is 6.51. The summed E-state index contributed by atoms with van der Waals surface area (Å²) in [4.78, 5) is 14.7. The minimum absolute atomic E-state index is 0.00999. The zero-order chi connectivity index (χ0) is 17.1. The molecule has 132 valence electrons. The van der Waals surface area contributed by atoms with Crippen molar-refractivity contribution in [2.24, 2.45) is 0 Å². The predicted molar refractivity (Wildman–Crippen MR) is 91.0 cm³/mol. The molecule has 7 nitrogen and oxygen atoms in total. The molecule has 0 aliphatic carbocycles. The third-order valence-electron chi connectivity index (χ3n) is 4.99. The average molecular weight is 342 g/mol. The van der Waals surface area contributed by atoms with Crippen molar-refractivity contribution in [3.8, 4) is 11.5 Å². The number of benzene rings is 1. The Kier molecular flexibility index (Phi) is 4.76. The summed E-state index contributed by atoms with van der Waals surface area (Å²) in [6.45, 7) is 3.39. The van der Waals surface area contributed by atoms with E-state index in [-0.39, 0.29) is 11.8 Å². The first kappa shape index (κ1) is 16.2. The van der Waals surface area contributed by atoms with E-state index in [1.54, 1.807) is 0 Å². The van der Waals surface area contributed by atoms with E-state index in [4.69, 9.17) is 9.15 Å². The number of likely N-dealkylation sites (tertiary alicyclic amines) is 1. The summed E-state index contributed by atoms with van der Waals surface area (Å²) in [7, 11) is 0. The number of carbonyl (C=O) groups is 1. The van der Waals surface area contributed by atoms with Crippen molar-refractivity contribution in [3.05, 3.63) is 36.2 Å². The Morgan fingerprint density at radius 2 is 1.96 bits per heavy atom. The minimum Gasteiger partial charge on any atom is -0.412 e. The summed E-state index contributed by atoms with van der Waals surface area (Å²) in [5.41, 5.74) is 0.804. The third-order valence-corrected chi connectivity index (χ3v) is 4.99. The van der Waals surface area contributed by atoms with Gasteiger partial charge < -0.3 is 14.5 Å². The molecule has 1 unspecified atom stereocenters. The van der Waals surface area contributed by atoms with E-state index < -0.39 is 0 Å². The molecule has 1 aromatic carbocycles. The Hall–Kier alpha value is -2.25. The standard InChI is InChI=1S/C18H22N4O3/c23-16(18-21-20-17(25-18)13-4-2-1-3-5-13)19-12-15-6-9-22(15)14-7-10-24-11-8-14/h1-5,14-15H,6-12H2,(H,19,23). The Labute approximate surface area is 146 Å². The van der Waals surface area contributed by atoms with E-state index >= 15 is 0 Å². The van der Waals surface area contributed by atoms with Gasteiger partial charge in [0.2, 0.25) is 5.89 Å². The number of carbonyl (C=O) groups excluding carboxylic acids is 1. The molecule has 1 N–H and O–H groups in total. The van der Waals surface area contributed by atoms with Gasteiger partial charge >= 0.3 is 11.8 Å². The van der Waals surface area contributed by atoms with Gasteiger partial charge in [0, 0.05) is 44.0 Å². The highest BCUT2D eigenvalue weighted by atomic mass is 16.5. The lowest BCUT2D eigenvalue weighted by atomic mass is 9.95. The van der Waals surface area contributed by atoms with Crippen LogP contribution < -0.4 is 5.32 Å². The predicted octanol–water partition coefficient (Wildman–Crippen LogP) is 1.72. The van der Waals surface area contributed by atoms with Gasteiger partial charge in [-0.05, 0) is 31.4 Å². The second-order valence-electron chi connectivity index (χ2n) is 6.51. The molecule has 7 heteroatoms. The molecule has 0 radical (unpaired) electrons. The molecular weight excluding hydrogens is 320 g/mol. The highest BCUT2D eigenvalue weighted by Crippen LogP contribution is 2.25. The van der Waals surface area contributed by atoms with Crippen LogP contribution in [0.2, 0.25) is 0 Å². The molecule has 3 heterocycles. The third kappa shape index (κ3) is 3.57. The number of aromatic nitrogens is 2. The smallest absolute Gasteiger partial charge is 0.308 e. The van der Waals surface area contributed by atoms with Crippen molar-refractivity contribution in [2.75, 3.05) is 26.3 Å². The van der Waals surface area contributed by atoms with Crippen molar-refractivity contribution in [3.63, 3.8) is 0 Å². The van der Waals surface area contributed by atoms with Crippen molar-refractivity contribution in [2.45, 2.75) is 31.3 Å². The lowest BCUT2D eigenvalue weighted by molar-refractivity contribution is -0.0223. The van der Waals surface area contributed by atoms with Crippen LogP contribution in [-0.4, -0.2) is 59.4 Å². The second kappa shape index (κ2) is 7.33. The van der Waals surface area contributed by atoms with Gasteiger partial charge in [-0.25, -0.2) is 0 Å². The molecule has 1 aromatic heterocycles. The van der Waals surface area contributed by atoms with E-state index in [0.29, 0.717) is 24.5 Å². The number of amides is 1. The van der Waals surface area contributed by atoms with Gasteiger partial charge in [-0.3, -0.25) is 9.69 Å². The van der Waals surface area contributed by atoms with E-state index in [1.807, 2.05) is 30.3 Å². The largest absolute Gasteiger partial charge is 0.412 e. The van der Waals surface area contributed by atoms with Crippen molar-refractivity contribution >= 4 is 5.91 Å². The topological polar surface area (TPSA) is 80.5 Å². The lowest BCUT2D eigenvalue weighted by Crippen LogP contribution is -2.58. The first-order chi connectivity index (χ1) is 12.3. The minimum atomic E-state index is -0.312. The Morgan fingerprint density at radius 1 is 1.16 bits per heavy atom. The molecule has 1 atom stereocenters. The fraction of sp³-hybridized carbons (Fsp3) is 0.500. The van der Waals surface area contributed by atoms with Gasteiger partial charge in [-0.2, -0.15) is 0 Å². The van der Waals surface area contributed by atoms with Crippen LogP contribution in [0.15, 0.2) is 34.7 Å². The molecule has 2 saturated heterocycles. The number of nitrogens with one attached hydrogen (secondary N) is 1. The molecular formula is C18H22N4O3. The average Bonchev–Trinajstić information content (AvgIpc) is 3.13. The molecule has 25 heavy (non-hydrogen) atoms. The monoisotopic (exact) mass is 342 g/mol. The Morgan fingerprint density at radius 3 is 2.68 bits per heavy atom. The molecule has 2 aliphatic rings. The normalized spacial score (nSPS) is 21.7. The van der Waals surface area contributed by atoms with Crippen LogP contribution in [-0.2, 0) is 4.74 Å². The van der Waals surface area contributed by atoms with E-state index in [0.717, 1.165) is 44.6 Å². The van der Waals surface area contributed by atoms with Gasteiger partial charge in [-0.15, -0.1) is 10.2 Å². The molecule has 2 aliphatic heterocycles. The quantitative estimate of drug-likeness (QED) is 0.891. The van der Waals surface area contributed by atoms with E-state index in [9.17, 15) is 4.79 Å². The molecule has 0 saturated carbocycles. The molecule has 4 rings (SSSR count). The van der Waals surface area contributed by atoms with Crippen LogP contribution in [0.25, 0.3) is 11.5 Å². The maximum atomic E-state index is 12.3. The first-order valence-corrected chi connectivity index (χ1v) is 8.82. The maximum Gasteiger partial charge on any atom is 0.308 e. The van der Waals surface area contributed by atoms with Crippen LogP contribution in [0.5, 0.6) is 0 Å². The van der Waals surface area contributed by atoms with Crippen molar-refractivity contribution < 1.29 is 13.9 Å². The van der Waals surface area contributed by atoms with Gasteiger partial charge in [-0.1, -0.05) is 18.2 Å². The van der Waals surface area contributed by atoms with Crippen molar-refractivity contribution in [1.29, 1.82) is 0 Å². The van der Waals surface area contributed by atoms with Crippen LogP contribution >= 0.6 is 0 Å². The van der Waals surface area contributed by atoms with E-state index in [2.05, 4.69) is 20.4 Å². The van der Waals surface area contributed by atoms with E-state index in [1.165, 1.54) is 0 Å². The van der Waals surface area contributed by atoms with Crippen LogP contribution in [0.1, 0.15) is 29.9 Å². The van der Waals surface area contributed by atoms with Crippen LogP contribution in [0.4, 0.5) is 0 Å². The van der Waals surface area contributed by atoms with Gasteiger partial charge in [0.05, 0.1) is 0 Å². The molecule has 2 fully saturated rings. The molecule has 0 spiro atoms. The number of rotatable bonds is 5. The number of hydrogen-bond donors (Lipinski definition) is 1. The maximum absolute atomic E-state index is 12.3. The number of hydrogen-bond acceptors (Lipinski definition) is 6. The number of nitrogens with zero attached hydrogens (tertiary/aromatic N) is 3. The molecule has 2 aromatic rings. The fourth-order valence-electron chi connectivity index (χ4n) is 3.48. The fourth-order valence-corrected chi connectivity index (χ4v) is 3.48. The zero-order valence-electron chi connectivity index (χ0n) is 14.1. The molecule has 0 bridgehead atoms. The first-order valence-electron chi connectivity index (χ1n) is 8.82. The Balaban J connectivity index is 1.31. The SMILES string of the molecule is O=C(NCC1CCN1C1CCOCC1)c1nnc(-c2ccccc2)o1. The number of ether oxygens (including phenoxy) is 1. The van der Waals surface area contributed by atoms with Gasteiger partial charge in [0.25, 0.3) is 0 Å². The summed E-state index contributed by atoms with van der Waals surface area (Å²) < 4.78 is 10.9.